The van der Waals surface area contributed by atoms with Crippen molar-refractivity contribution in [3.63, 3.8) is 0 Å². The molecule has 0 unspecified atom stereocenters. The molecule has 0 bridgehead atoms. The Bertz CT molecular complexity index is 835. The summed E-state index contributed by atoms with van der Waals surface area (Å²) >= 11 is 0. The minimum atomic E-state index is -0.0131. The fourth-order valence-corrected chi connectivity index (χ4v) is 3.41. The number of carbonyl (C=O) groups excluding carboxylic acids is 2. The van der Waals surface area contributed by atoms with E-state index in [1.165, 1.54) is 6.08 Å². The first-order valence-electron chi connectivity index (χ1n) is 9.32. The summed E-state index contributed by atoms with van der Waals surface area (Å²) in [4.78, 5) is 24.9. The third kappa shape index (κ3) is 5.07. The topological polar surface area (TPSA) is 46.6 Å². The Balaban J connectivity index is 1.67. The van der Waals surface area contributed by atoms with Crippen molar-refractivity contribution in [2.45, 2.75) is 32.3 Å². The number of carbonyl (C=O) groups is 2. The molecule has 1 fully saturated rings. The van der Waals surface area contributed by atoms with Crippen LogP contribution in [0.25, 0.3) is 11.1 Å². The summed E-state index contributed by atoms with van der Waals surface area (Å²) in [6.07, 6.45) is 3.56. The van der Waals surface area contributed by atoms with Crippen molar-refractivity contribution < 1.29 is 14.3 Å². The van der Waals surface area contributed by atoms with Crippen LogP contribution in [0.4, 0.5) is 0 Å². The first kappa shape index (κ1) is 18.9. The Morgan fingerprint density at radius 2 is 1.78 bits per heavy atom. The maximum Gasteiger partial charge on any atom is 0.245 e. The summed E-state index contributed by atoms with van der Waals surface area (Å²) in [6, 6.07) is 16.1. The number of ketones is 1. The molecule has 1 heterocycles. The molecular weight excluding hydrogens is 338 g/mol. The van der Waals surface area contributed by atoms with E-state index in [9.17, 15) is 9.59 Å². The molecule has 1 aliphatic heterocycles. The standard InChI is InChI=1S/C23H25NO3/c1-3-23(26)24-12-10-21(11-13-24)27-22-9-5-8-20(16-22)19-7-4-6-18(15-19)14-17(2)25/h3-9,15-16,21H,1,10-14H2,2H3. The fourth-order valence-electron chi connectivity index (χ4n) is 3.41. The van der Waals surface area contributed by atoms with Crippen molar-refractivity contribution in [2.24, 2.45) is 0 Å². The molecule has 4 heteroatoms. The van der Waals surface area contributed by atoms with Crippen molar-refractivity contribution in [3.8, 4) is 16.9 Å². The summed E-state index contributed by atoms with van der Waals surface area (Å²) in [5, 5.41) is 0. The van der Waals surface area contributed by atoms with Crippen LogP contribution in [0.1, 0.15) is 25.3 Å². The van der Waals surface area contributed by atoms with Crippen molar-refractivity contribution in [2.75, 3.05) is 13.1 Å². The van der Waals surface area contributed by atoms with Gasteiger partial charge in [-0.2, -0.15) is 0 Å². The maximum atomic E-state index is 11.7. The zero-order valence-corrected chi connectivity index (χ0v) is 15.7. The van der Waals surface area contributed by atoms with Gasteiger partial charge in [0.15, 0.2) is 0 Å². The monoisotopic (exact) mass is 363 g/mol. The minimum absolute atomic E-state index is 0.0131. The molecule has 0 aliphatic carbocycles. The van der Waals surface area contributed by atoms with Crippen LogP contribution in [0.3, 0.4) is 0 Å². The van der Waals surface area contributed by atoms with E-state index in [-0.39, 0.29) is 17.8 Å². The molecule has 0 saturated carbocycles. The number of benzene rings is 2. The van der Waals surface area contributed by atoms with E-state index in [1.807, 2.05) is 47.4 Å². The average Bonchev–Trinajstić information content (AvgIpc) is 2.68. The van der Waals surface area contributed by atoms with Gasteiger partial charge in [-0.1, -0.05) is 43.0 Å². The van der Waals surface area contributed by atoms with E-state index in [1.54, 1.807) is 6.92 Å². The second-order valence-electron chi connectivity index (χ2n) is 6.95. The Morgan fingerprint density at radius 3 is 2.44 bits per heavy atom. The molecule has 0 aromatic heterocycles. The number of hydrogen-bond acceptors (Lipinski definition) is 3. The van der Waals surface area contributed by atoms with Crippen LogP contribution in [-0.4, -0.2) is 35.8 Å². The lowest BCUT2D eigenvalue weighted by Crippen LogP contribution is -2.41. The van der Waals surface area contributed by atoms with Gasteiger partial charge in [0.2, 0.25) is 5.91 Å². The number of Topliss-reactive ketones (excluding diaryl/α,β-unsaturated/α-hetero) is 1. The van der Waals surface area contributed by atoms with Gasteiger partial charge in [-0.05, 0) is 41.8 Å². The molecule has 0 atom stereocenters. The summed E-state index contributed by atoms with van der Waals surface area (Å²) in [6.45, 7) is 6.54. The zero-order valence-electron chi connectivity index (χ0n) is 15.7. The third-order valence-corrected chi connectivity index (χ3v) is 4.78. The van der Waals surface area contributed by atoms with Crippen molar-refractivity contribution in [3.05, 3.63) is 66.7 Å². The van der Waals surface area contributed by atoms with Gasteiger partial charge in [-0.25, -0.2) is 0 Å². The molecule has 27 heavy (non-hydrogen) atoms. The van der Waals surface area contributed by atoms with Crippen molar-refractivity contribution in [1.29, 1.82) is 0 Å². The molecule has 0 radical (unpaired) electrons. The number of rotatable bonds is 6. The normalized spacial score (nSPS) is 14.6. The van der Waals surface area contributed by atoms with Gasteiger partial charge >= 0.3 is 0 Å². The Morgan fingerprint density at radius 1 is 1.11 bits per heavy atom. The lowest BCUT2D eigenvalue weighted by atomic mass is 10.0. The first-order chi connectivity index (χ1) is 13.0. The highest BCUT2D eigenvalue weighted by atomic mass is 16.5. The highest BCUT2D eigenvalue weighted by Crippen LogP contribution is 2.27. The van der Waals surface area contributed by atoms with Crippen molar-refractivity contribution >= 4 is 11.7 Å². The first-order valence-corrected chi connectivity index (χ1v) is 9.32. The molecular formula is C23H25NO3. The smallest absolute Gasteiger partial charge is 0.245 e. The Kier molecular flexibility index (Phi) is 6.07. The van der Waals surface area contributed by atoms with Gasteiger partial charge in [-0.3, -0.25) is 9.59 Å². The van der Waals surface area contributed by atoms with Crippen LogP contribution >= 0.6 is 0 Å². The molecule has 1 aliphatic rings. The number of ether oxygens (including phenoxy) is 1. The van der Waals surface area contributed by atoms with Gasteiger partial charge in [0, 0.05) is 32.4 Å². The lowest BCUT2D eigenvalue weighted by Gasteiger charge is -2.31. The predicted molar refractivity (Wildman–Crippen MR) is 107 cm³/mol. The molecule has 140 valence electrons. The van der Waals surface area contributed by atoms with Crippen LogP contribution in [0.15, 0.2) is 61.2 Å². The summed E-state index contributed by atoms with van der Waals surface area (Å²) in [5.41, 5.74) is 3.16. The molecule has 3 rings (SSSR count). The van der Waals surface area contributed by atoms with Crippen LogP contribution in [0, 0.1) is 0 Å². The quantitative estimate of drug-likeness (QED) is 0.728. The summed E-state index contributed by atoms with van der Waals surface area (Å²) in [7, 11) is 0. The van der Waals surface area contributed by atoms with E-state index < -0.39 is 0 Å². The molecule has 1 saturated heterocycles. The molecule has 2 aromatic carbocycles. The molecule has 0 N–H and O–H groups in total. The van der Waals surface area contributed by atoms with Gasteiger partial charge in [0.1, 0.15) is 17.6 Å². The van der Waals surface area contributed by atoms with Gasteiger partial charge in [0.25, 0.3) is 0 Å². The molecule has 4 nitrogen and oxygen atoms in total. The van der Waals surface area contributed by atoms with E-state index in [0.717, 1.165) is 35.3 Å². The highest BCUT2D eigenvalue weighted by Gasteiger charge is 2.22. The maximum absolute atomic E-state index is 11.7. The van der Waals surface area contributed by atoms with Crippen LogP contribution < -0.4 is 4.74 Å². The van der Waals surface area contributed by atoms with Crippen LogP contribution in [0.2, 0.25) is 0 Å². The second-order valence-corrected chi connectivity index (χ2v) is 6.95. The number of amides is 1. The zero-order chi connectivity index (χ0) is 19.2. The predicted octanol–water partition coefficient (Wildman–Crippen LogP) is 4.04. The SMILES string of the molecule is C=CC(=O)N1CCC(Oc2cccc(-c3cccc(CC(C)=O)c3)c2)CC1. The third-order valence-electron chi connectivity index (χ3n) is 4.78. The molecule has 1 amide bonds. The summed E-state index contributed by atoms with van der Waals surface area (Å²) in [5.74, 6) is 0.976. The Labute approximate surface area is 160 Å². The van der Waals surface area contributed by atoms with Gasteiger partial charge < -0.3 is 9.64 Å². The summed E-state index contributed by atoms with van der Waals surface area (Å²) < 4.78 is 6.16. The number of nitrogens with zero attached hydrogens (tertiary/aromatic N) is 1. The number of hydrogen-bond donors (Lipinski definition) is 0. The minimum Gasteiger partial charge on any atom is -0.490 e. The van der Waals surface area contributed by atoms with Crippen LogP contribution in [0.5, 0.6) is 5.75 Å². The molecule has 2 aromatic rings. The largest absolute Gasteiger partial charge is 0.490 e. The van der Waals surface area contributed by atoms with Crippen molar-refractivity contribution in [1.82, 2.24) is 4.90 Å². The number of likely N-dealkylation sites (tertiary alicyclic amines) is 1. The van der Waals surface area contributed by atoms with E-state index in [2.05, 4.69) is 12.6 Å². The van der Waals surface area contributed by atoms with Crippen LogP contribution in [-0.2, 0) is 16.0 Å². The van der Waals surface area contributed by atoms with Gasteiger partial charge in [-0.15, -0.1) is 0 Å². The number of piperidine rings is 1. The second kappa shape index (κ2) is 8.67. The van der Waals surface area contributed by atoms with E-state index in [4.69, 9.17) is 4.74 Å². The fraction of sp³-hybridized carbons (Fsp3) is 0.304. The highest BCUT2D eigenvalue weighted by molar-refractivity contribution is 5.87. The van der Waals surface area contributed by atoms with E-state index >= 15 is 0 Å². The lowest BCUT2D eigenvalue weighted by molar-refractivity contribution is -0.127. The van der Waals surface area contributed by atoms with Gasteiger partial charge in [0.05, 0.1) is 0 Å². The van der Waals surface area contributed by atoms with E-state index in [0.29, 0.717) is 19.5 Å². The molecule has 0 spiro atoms. The Hall–Kier alpha value is -2.88. The average molecular weight is 363 g/mol.